The van der Waals surface area contributed by atoms with E-state index < -0.39 is 52.7 Å². The molecule has 0 aromatic rings. The molecule has 2 rings (SSSR count). The Morgan fingerprint density at radius 2 is 0.914 bits per heavy atom. The fourth-order valence-corrected chi connectivity index (χ4v) is 6.49. The first-order valence-corrected chi connectivity index (χ1v) is 12.2. The van der Waals surface area contributed by atoms with E-state index in [1.807, 2.05) is 55.4 Å². The fraction of sp³-hybridized carbons (Fsp3) is 0.704. The maximum atomic E-state index is 12.6. The van der Waals surface area contributed by atoms with Gasteiger partial charge in [-0.1, -0.05) is 13.2 Å². The van der Waals surface area contributed by atoms with Crippen LogP contribution in [0.4, 0.5) is 0 Å². The largest absolute Gasteiger partial charge is 0.462 e. The second kappa shape index (κ2) is 9.78. The monoisotopic (exact) mass is 490 g/mol. The van der Waals surface area contributed by atoms with Crippen LogP contribution in [-0.4, -0.2) is 67.9 Å². The van der Waals surface area contributed by atoms with Gasteiger partial charge in [0.25, 0.3) is 0 Å². The Morgan fingerprint density at radius 1 is 0.657 bits per heavy atom. The first-order chi connectivity index (χ1) is 15.9. The third kappa shape index (κ3) is 6.33. The average Bonchev–Trinajstić information content (AvgIpc) is 2.62. The molecule has 0 atom stereocenters. The minimum absolute atomic E-state index is 0.167. The zero-order chi connectivity index (χ0) is 27.0. The van der Waals surface area contributed by atoms with Gasteiger partial charge in [-0.25, -0.2) is 0 Å². The van der Waals surface area contributed by atoms with Crippen molar-refractivity contribution in [2.45, 2.75) is 122 Å². The molecule has 2 aliphatic rings. The number of carbonyl (C=O) groups excluding carboxylic acids is 4. The van der Waals surface area contributed by atoms with E-state index in [2.05, 4.69) is 13.2 Å². The summed E-state index contributed by atoms with van der Waals surface area (Å²) in [5.74, 6) is -1.62. The van der Waals surface area contributed by atoms with Crippen LogP contribution in [0.3, 0.4) is 0 Å². The van der Waals surface area contributed by atoms with E-state index in [-0.39, 0.29) is 11.8 Å². The first kappa shape index (κ1) is 28.6. The Hall–Kier alpha value is -2.64. The number of rotatable bonds is 6. The zero-order valence-corrected chi connectivity index (χ0v) is 22.6. The van der Waals surface area contributed by atoms with Crippen molar-refractivity contribution < 1.29 is 28.7 Å². The maximum absolute atomic E-state index is 12.6. The van der Waals surface area contributed by atoms with Gasteiger partial charge in [0.05, 0.1) is 0 Å². The average molecular weight is 491 g/mol. The minimum Gasteiger partial charge on any atom is -0.462 e. The van der Waals surface area contributed by atoms with Crippen LogP contribution in [-0.2, 0) is 28.7 Å². The molecule has 2 heterocycles. The summed E-state index contributed by atoms with van der Waals surface area (Å²) < 4.78 is 11.3. The highest BCUT2D eigenvalue weighted by Gasteiger charge is 2.49. The van der Waals surface area contributed by atoms with Crippen molar-refractivity contribution in [3.05, 3.63) is 25.3 Å². The van der Waals surface area contributed by atoms with E-state index in [1.54, 1.807) is 9.80 Å². The van der Waals surface area contributed by atoms with E-state index in [4.69, 9.17) is 9.47 Å². The van der Waals surface area contributed by atoms with Crippen LogP contribution in [0.15, 0.2) is 25.3 Å². The topological polar surface area (TPSA) is 93.2 Å². The Morgan fingerprint density at radius 3 is 1.14 bits per heavy atom. The molecule has 0 spiro atoms. The van der Waals surface area contributed by atoms with Gasteiger partial charge in [0.2, 0.25) is 11.8 Å². The molecule has 0 radical (unpaired) electrons. The third-order valence-electron chi connectivity index (χ3n) is 7.01. The molecule has 0 aromatic heterocycles. The normalized spacial score (nSPS) is 23.2. The highest BCUT2D eigenvalue weighted by Crippen LogP contribution is 2.41. The van der Waals surface area contributed by atoms with Crippen LogP contribution in [0.2, 0.25) is 0 Å². The van der Waals surface area contributed by atoms with Gasteiger partial charge >= 0.3 is 11.9 Å². The molecule has 2 saturated heterocycles. The van der Waals surface area contributed by atoms with Crippen LogP contribution in [0.5, 0.6) is 0 Å². The molecule has 0 unspecified atom stereocenters. The predicted molar refractivity (Wildman–Crippen MR) is 133 cm³/mol. The zero-order valence-electron chi connectivity index (χ0n) is 22.6. The summed E-state index contributed by atoms with van der Waals surface area (Å²) in [5.41, 5.74) is -2.20. The Bertz CT molecular complexity index is 793. The van der Waals surface area contributed by atoms with Crippen molar-refractivity contribution in [1.82, 2.24) is 9.80 Å². The number of hydrogen-bond acceptors (Lipinski definition) is 6. The first-order valence-electron chi connectivity index (χ1n) is 12.2. The van der Waals surface area contributed by atoms with E-state index in [0.29, 0.717) is 25.7 Å². The lowest BCUT2D eigenvalue weighted by Crippen LogP contribution is -2.64. The molecule has 0 saturated carbocycles. The number of amides is 2. The van der Waals surface area contributed by atoms with E-state index in [9.17, 15) is 19.2 Å². The number of likely N-dealkylation sites (tertiary alicyclic amines) is 2. The summed E-state index contributed by atoms with van der Waals surface area (Å²) in [6.45, 7) is 22.6. The number of esters is 2. The summed E-state index contributed by atoms with van der Waals surface area (Å²) in [5, 5.41) is 0. The van der Waals surface area contributed by atoms with E-state index in [0.717, 1.165) is 0 Å². The number of hydrogen-bond donors (Lipinski definition) is 0. The summed E-state index contributed by atoms with van der Waals surface area (Å²) in [7, 11) is 0. The number of carbonyl (C=O) groups is 4. The maximum Gasteiger partial charge on any atom is 0.317 e. The molecular weight excluding hydrogens is 448 g/mol. The second-order valence-corrected chi connectivity index (χ2v) is 12.2. The SMILES string of the molecule is C=CC(=O)N1C(C)(C)CC(OC(=O)CC(=O)OC2CC(C)(C)N(C(=O)C=C)C(C)(C)C2)CC1(C)C. The highest BCUT2D eigenvalue weighted by atomic mass is 16.6. The van der Waals surface area contributed by atoms with Crippen molar-refractivity contribution in [2.24, 2.45) is 0 Å². The lowest BCUT2D eigenvalue weighted by atomic mass is 9.78. The predicted octanol–water partition coefficient (Wildman–Crippen LogP) is 3.93. The standard InChI is InChI=1S/C27H42N2O6/c1-11-20(30)28-24(3,4)14-18(15-25(28,5)6)34-22(32)13-23(33)35-19-16-26(7,8)29(21(31)12-2)27(9,10)17-19/h11-12,18-19H,1-2,13-17H2,3-10H3. The Balaban J connectivity index is 2.00. The molecule has 0 aliphatic carbocycles. The molecule has 0 bridgehead atoms. The van der Waals surface area contributed by atoms with E-state index in [1.165, 1.54) is 12.2 Å². The van der Waals surface area contributed by atoms with Crippen LogP contribution in [0.25, 0.3) is 0 Å². The van der Waals surface area contributed by atoms with Gasteiger partial charge in [-0.3, -0.25) is 19.2 Å². The Labute approximate surface area is 209 Å². The Kier molecular flexibility index (Phi) is 7.99. The lowest BCUT2D eigenvalue weighted by Gasteiger charge is -2.54. The highest BCUT2D eigenvalue weighted by molar-refractivity contribution is 5.91. The van der Waals surface area contributed by atoms with Gasteiger partial charge in [0, 0.05) is 47.8 Å². The van der Waals surface area contributed by atoms with Crippen LogP contribution in [0.1, 0.15) is 87.5 Å². The van der Waals surface area contributed by atoms with Gasteiger partial charge in [0.1, 0.15) is 18.6 Å². The smallest absolute Gasteiger partial charge is 0.317 e. The molecule has 2 fully saturated rings. The van der Waals surface area contributed by atoms with Gasteiger partial charge in [-0.15, -0.1) is 0 Å². The summed E-state index contributed by atoms with van der Waals surface area (Å²) in [6.07, 6.45) is 3.06. The van der Waals surface area contributed by atoms with Gasteiger partial charge in [-0.2, -0.15) is 0 Å². The molecule has 2 aliphatic heterocycles. The third-order valence-corrected chi connectivity index (χ3v) is 7.01. The number of nitrogens with zero attached hydrogens (tertiary/aromatic N) is 2. The molecule has 35 heavy (non-hydrogen) atoms. The van der Waals surface area contributed by atoms with Crippen molar-refractivity contribution in [1.29, 1.82) is 0 Å². The molecule has 2 amide bonds. The van der Waals surface area contributed by atoms with Gasteiger partial charge in [-0.05, 0) is 67.5 Å². The van der Waals surface area contributed by atoms with Crippen molar-refractivity contribution in [3.8, 4) is 0 Å². The van der Waals surface area contributed by atoms with Crippen LogP contribution >= 0.6 is 0 Å². The van der Waals surface area contributed by atoms with Crippen LogP contribution < -0.4 is 0 Å². The summed E-state index contributed by atoms with van der Waals surface area (Å²) in [6, 6.07) is 0. The number of ether oxygens (including phenoxy) is 2. The van der Waals surface area contributed by atoms with E-state index >= 15 is 0 Å². The quantitative estimate of drug-likeness (QED) is 0.318. The molecule has 0 aromatic carbocycles. The van der Waals surface area contributed by atoms with Gasteiger partial charge < -0.3 is 19.3 Å². The summed E-state index contributed by atoms with van der Waals surface area (Å²) >= 11 is 0. The lowest BCUT2D eigenvalue weighted by molar-refractivity contribution is -0.172. The fourth-order valence-electron chi connectivity index (χ4n) is 6.49. The minimum atomic E-state index is -0.645. The van der Waals surface area contributed by atoms with Crippen molar-refractivity contribution in [2.75, 3.05) is 0 Å². The molecule has 196 valence electrons. The van der Waals surface area contributed by atoms with Crippen LogP contribution in [0, 0.1) is 0 Å². The van der Waals surface area contributed by atoms with Crippen molar-refractivity contribution >= 4 is 23.8 Å². The molecule has 8 heteroatoms. The van der Waals surface area contributed by atoms with Crippen molar-refractivity contribution in [3.63, 3.8) is 0 Å². The summed E-state index contributed by atoms with van der Waals surface area (Å²) in [4.78, 5) is 53.6. The molecule has 8 nitrogen and oxygen atoms in total. The second-order valence-electron chi connectivity index (χ2n) is 12.2. The van der Waals surface area contributed by atoms with Gasteiger partial charge in [0.15, 0.2) is 0 Å². The molecule has 0 N–H and O–H groups in total. The molecular formula is C27H42N2O6. The number of piperidine rings is 2.